The summed E-state index contributed by atoms with van der Waals surface area (Å²) >= 11 is 0. The van der Waals surface area contributed by atoms with E-state index in [2.05, 4.69) is 25.4 Å². The SMILES string of the molecule is CCn1cccc1-c1noc(CNC(=O)c2cnccn2)n1. The van der Waals surface area contributed by atoms with E-state index in [-0.39, 0.29) is 18.1 Å². The molecular formula is C14H14N6O2. The number of rotatable bonds is 5. The molecule has 3 heterocycles. The molecule has 0 saturated heterocycles. The molecule has 0 radical (unpaired) electrons. The second-order valence-electron chi connectivity index (χ2n) is 4.46. The highest BCUT2D eigenvalue weighted by atomic mass is 16.5. The lowest BCUT2D eigenvalue weighted by molar-refractivity contribution is 0.0941. The highest BCUT2D eigenvalue weighted by Gasteiger charge is 2.13. The van der Waals surface area contributed by atoms with E-state index in [0.29, 0.717) is 11.7 Å². The molecule has 0 saturated carbocycles. The van der Waals surface area contributed by atoms with Gasteiger partial charge in [0.25, 0.3) is 5.91 Å². The quantitative estimate of drug-likeness (QED) is 0.761. The van der Waals surface area contributed by atoms with Crippen molar-refractivity contribution in [3.8, 4) is 11.5 Å². The Kier molecular flexibility index (Phi) is 3.90. The molecule has 8 heteroatoms. The zero-order valence-electron chi connectivity index (χ0n) is 11.9. The molecular weight excluding hydrogens is 284 g/mol. The van der Waals surface area contributed by atoms with Crippen LogP contribution in [0.4, 0.5) is 0 Å². The minimum atomic E-state index is -0.343. The summed E-state index contributed by atoms with van der Waals surface area (Å²) in [5.74, 6) is 0.483. The van der Waals surface area contributed by atoms with Crippen molar-refractivity contribution < 1.29 is 9.32 Å². The first-order chi connectivity index (χ1) is 10.8. The highest BCUT2D eigenvalue weighted by Crippen LogP contribution is 2.16. The second kappa shape index (κ2) is 6.17. The molecule has 0 aliphatic heterocycles. The van der Waals surface area contributed by atoms with E-state index in [1.807, 2.05) is 29.8 Å². The summed E-state index contributed by atoms with van der Waals surface area (Å²) < 4.78 is 7.16. The molecule has 0 atom stereocenters. The molecule has 22 heavy (non-hydrogen) atoms. The van der Waals surface area contributed by atoms with Gasteiger partial charge in [-0.3, -0.25) is 9.78 Å². The van der Waals surface area contributed by atoms with E-state index in [1.54, 1.807) is 0 Å². The van der Waals surface area contributed by atoms with Gasteiger partial charge in [0.15, 0.2) is 0 Å². The maximum Gasteiger partial charge on any atom is 0.271 e. The van der Waals surface area contributed by atoms with E-state index in [1.165, 1.54) is 18.6 Å². The fourth-order valence-corrected chi connectivity index (χ4v) is 1.99. The first-order valence-corrected chi connectivity index (χ1v) is 6.80. The normalized spacial score (nSPS) is 10.6. The average molecular weight is 298 g/mol. The van der Waals surface area contributed by atoms with Crippen molar-refractivity contribution in [2.24, 2.45) is 0 Å². The molecule has 1 amide bonds. The van der Waals surface area contributed by atoms with E-state index >= 15 is 0 Å². The summed E-state index contributed by atoms with van der Waals surface area (Å²) in [6.45, 7) is 2.98. The first-order valence-electron chi connectivity index (χ1n) is 6.80. The molecule has 1 N–H and O–H groups in total. The summed E-state index contributed by atoms with van der Waals surface area (Å²) in [7, 11) is 0. The molecule has 112 valence electrons. The molecule has 3 aromatic heterocycles. The van der Waals surface area contributed by atoms with Gasteiger partial charge in [0, 0.05) is 25.1 Å². The minimum Gasteiger partial charge on any atom is -0.345 e. The molecule has 3 aromatic rings. The van der Waals surface area contributed by atoms with Gasteiger partial charge in [-0.25, -0.2) is 4.98 Å². The monoisotopic (exact) mass is 298 g/mol. The molecule has 0 aliphatic rings. The van der Waals surface area contributed by atoms with Crippen molar-refractivity contribution in [3.63, 3.8) is 0 Å². The van der Waals surface area contributed by atoms with Gasteiger partial charge in [-0.2, -0.15) is 4.98 Å². The maximum atomic E-state index is 11.8. The van der Waals surface area contributed by atoms with Crippen LogP contribution in [0.1, 0.15) is 23.3 Å². The smallest absolute Gasteiger partial charge is 0.271 e. The molecule has 0 fully saturated rings. The van der Waals surface area contributed by atoms with Crippen LogP contribution < -0.4 is 5.32 Å². The molecule has 0 bridgehead atoms. The van der Waals surface area contributed by atoms with Gasteiger partial charge in [-0.05, 0) is 19.1 Å². The van der Waals surface area contributed by atoms with Crippen molar-refractivity contribution in [2.75, 3.05) is 0 Å². The lowest BCUT2D eigenvalue weighted by Crippen LogP contribution is -2.24. The van der Waals surface area contributed by atoms with Crippen molar-refractivity contribution >= 4 is 5.91 Å². The van der Waals surface area contributed by atoms with Gasteiger partial charge in [-0.1, -0.05) is 5.16 Å². The van der Waals surface area contributed by atoms with Gasteiger partial charge < -0.3 is 14.4 Å². The van der Waals surface area contributed by atoms with Gasteiger partial charge in [0.05, 0.1) is 18.4 Å². The number of aromatic nitrogens is 5. The number of carbonyl (C=O) groups excluding carboxylic acids is 1. The summed E-state index contributed by atoms with van der Waals surface area (Å²) in [4.78, 5) is 23.9. The first kappa shape index (κ1) is 13.9. The third-order valence-electron chi connectivity index (χ3n) is 3.06. The number of nitrogens with one attached hydrogen (secondary N) is 1. The van der Waals surface area contributed by atoms with Crippen LogP contribution >= 0.6 is 0 Å². The molecule has 0 unspecified atom stereocenters. The Labute approximate surface area is 126 Å². The van der Waals surface area contributed by atoms with Crippen molar-refractivity contribution in [3.05, 3.63) is 48.5 Å². The molecule has 8 nitrogen and oxygen atoms in total. The Hall–Kier alpha value is -3.03. The molecule has 0 aliphatic carbocycles. The number of carbonyl (C=O) groups is 1. The minimum absolute atomic E-state index is 0.134. The van der Waals surface area contributed by atoms with Crippen LogP contribution in [0.15, 0.2) is 41.4 Å². The van der Waals surface area contributed by atoms with E-state index in [4.69, 9.17) is 4.52 Å². The predicted octanol–water partition coefficient (Wildman–Crippen LogP) is 1.28. The largest absolute Gasteiger partial charge is 0.345 e. The van der Waals surface area contributed by atoms with Gasteiger partial charge >= 0.3 is 0 Å². The lowest BCUT2D eigenvalue weighted by Gasteiger charge is -2.01. The third kappa shape index (κ3) is 2.85. The zero-order valence-corrected chi connectivity index (χ0v) is 11.9. The zero-order chi connectivity index (χ0) is 15.4. The lowest BCUT2D eigenvalue weighted by atomic mass is 10.4. The van der Waals surface area contributed by atoms with Crippen molar-refractivity contribution in [1.29, 1.82) is 0 Å². The van der Waals surface area contributed by atoms with Crippen LogP contribution in [0, 0.1) is 0 Å². The molecule has 0 aromatic carbocycles. The average Bonchev–Trinajstić information content (AvgIpc) is 3.21. The van der Waals surface area contributed by atoms with Crippen LogP contribution in [0.25, 0.3) is 11.5 Å². The highest BCUT2D eigenvalue weighted by molar-refractivity contribution is 5.91. The van der Waals surface area contributed by atoms with E-state index in [9.17, 15) is 4.79 Å². The standard InChI is InChI=1S/C14H14N6O2/c1-2-20-7-3-4-11(20)13-18-12(22-19-13)9-17-14(21)10-8-15-5-6-16-10/h3-8H,2,9H2,1H3,(H,17,21). The van der Waals surface area contributed by atoms with E-state index < -0.39 is 0 Å². The predicted molar refractivity (Wildman–Crippen MR) is 76.6 cm³/mol. The summed E-state index contributed by atoms with van der Waals surface area (Å²) in [6.07, 6.45) is 6.30. The van der Waals surface area contributed by atoms with Crippen molar-refractivity contribution in [1.82, 2.24) is 30.0 Å². The Morgan fingerprint density at radius 1 is 1.41 bits per heavy atom. The second-order valence-corrected chi connectivity index (χ2v) is 4.46. The Morgan fingerprint density at radius 2 is 2.32 bits per heavy atom. The summed E-state index contributed by atoms with van der Waals surface area (Å²) in [5, 5.41) is 6.59. The molecule has 3 rings (SSSR count). The number of aryl methyl sites for hydroxylation is 1. The summed E-state index contributed by atoms with van der Waals surface area (Å²) in [6, 6.07) is 3.83. The van der Waals surface area contributed by atoms with Gasteiger partial charge in [0.1, 0.15) is 5.69 Å². The Bertz CT molecular complexity index is 765. The van der Waals surface area contributed by atoms with Crippen molar-refractivity contribution in [2.45, 2.75) is 20.0 Å². The molecule has 0 spiro atoms. The Morgan fingerprint density at radius 3 is 3.09 bits per heavy atom. The third-order valence-corrected chi connectivity index (χ3v) is 3.06. The number of hydrogen-bond acceptors (Lipinski definition) is 6. The fraction of sp³-hybridized carbons (Fsp3) is 0.214. The van der Waals surface area contributed by atoms with Gasteiger partial charge in [0.2, 0.25) is 11.7 Å². The maximum absolute atomic E-state index is 11.8. The van der Waals surface area contributed by atoms with E-state index in [0.717, 1.165) is 12.2 Å². The van der Waals surface area contributed by atoms with Gasteiger partial charge in [-0.15, -0.1) is 0 Å². The van der Waals surface area contributed by atoms with Crippen LogP contribution in [-0.4, -0.2) is 30.6 Å². The Balaban J connectivity index is 1.66. The summed E-state index contributed by atoms with van der Waals surface area (Å²) in [5.41, 5.74) is 1.11. The number of hydrogen-bond donors (Lipinski definition) is 1. The van der Waals surface area contributed by atoms with Crippen LogP contribution in [0.5, 0.6) is 0 Å². The number of nitrogens with zero attached hydrogens (tertiary/aromatic N) is 5. The van der Waals surface area contributed by atoms with Crippen LogP contribution in [0.3, 0.4) is 0 Å². The topological polar surface area (TPSA) is 98.7 Å². The number of amides is 1. The van der Waals surface area contributed by atoms with Crippen LogP contribution in [0.2, 0.25) is 0 Å². The fourth-order valence-electron chi connectivity index (χ4n) is 1.99. The van der Waals surface area contributed by atoms with Crippen LogP contribution in [-0.2, 0) is 13.1 Å².